The minimum absolute atomic E-state index is 0.170. The van der Waals surface area contributed by atoms with Crippen molar-refractivity contribution in [3.63, 3.8) is 0 Å². The molecule has 0 aliphatic rings. The average molecular weight is 281 g/mol. The van der Waals surface area contributed by atoms with Crippen molar-refractivity contribution in [2.75, 3.05) is 13.7 Å². The van der Waals surface area contributed by atoms with Crippen LogP contribution in [-0.2, 0) is 4.74 Å². The Kier molecular flexibility index (Phi) is 4.11. The molecule has 0 saturated heterocycles. The second kappa shape index (κ2) is 5.79. The number of hydrogen-bond donors (Lipinski definition) is 0. The highest BCUT2D eigenvalue weighted by atomic mass is 32.1. The molecule has 100 valence electrons. The molecule has 6 heteroatoms. The van der Waals surface area contributed by atoms with Gasteiger partial charge in [0.05, 0.1) is 18.6 Å². The predicted molar refractivity (Wildman–Crippen MR) is 70.0 cm³/mol. The minimum Gasteiger partial charge on any atom is -0.491 e. The lowest BCUT2D eigenvalue weighted by molar-refractivity contribution is 0.0595. The summed E-state index contributed by atoms with van der Waals surface area (Å²) in [5.41, 5.74) is 0.530. The molecule has 2 aromatic rings. The molecule has 1 aromatic carbocycles. The van der Waals surface area contributed by atoms with E-state index in [9.17, 15) is 9.18 Å². The van der Waals surface area contributed by atoms with Gasteiger partial charge in [-0.1, -0.05) is 12.1 Å². The predicted octanol–water partition coefficient (Wildman–Crippen LogP) is 3.13. The molecule has 0 amide bonds. The highest BCUT2D eigenvalue weighted by Crippen LogP contribution is 2.32. The fourth-order valence-electron chi connectivity index (χ4n) is 1.57. The van der Waals surface area contributed by atoms with Crippen LogP contribution in [0.3, 0.4) is 0 Å². The maximum Gasteiger partial charge on any atom is 0.357 e. The third-order valence-corrected chi connectivity index (χ3v) is 3.26. The number of benzene rings is 1. The van der Waals surface area contributed by atoms with Gasteiger partial charge in [-0.3, -0.25) is 0 Å². The van der Waals surface area contributed by atoms with E-state index < -0.39 is 11.8 Å². The van der Waals surface area contributed by atoms with E-state index in [1.807, 2.05) is 0 Å². The molecule has 4 nitrogen and oxygen atoms in total. The Balaban J connectivity index is 2.39. The highest BCUT2D eigenvalue weighted by Gasteiger charge is 2.16. The number of esters is 1. The fraction of sp³-hybridized carbons (Fsp3) is 0.231. The van der Waals surface area contributed by atoms with Crippen molar-refractivity contribution in [2.45, 2.75) is 6.92 Å². The first kappa shape index (κ1) is 13.5. The lowest BCUT2D eigenvalue weighted by Gasteiger charge is -2.06. The van der Waals surface area contributed by atoms with Crippen molar-refractivity contribution in [2.24, 2.45) is 0 Å². The molecule has 0 aliphatic carbocycles. The first-order valence-electron chi connectivity index (χ1n) is 5.64. The Hall–Kier alpha value is -1.95. The van der Waals surface area contributed by atoms with E-state index in [2.05, 4.69) is 9.11 Å². The van der Waals surface area contributed by atoms with E-state index >= 15 is 0 Å². The van der Waals surface area contributed by atoms with Gasteiger partial charge in [0.15, 0.2) is 17.3 Å². The molecule has 0 spiro atoms. The molecule has 0 bridgehead atoms. The van der Waals surface area contributed by atoms with Crippen LogP contribution in [0.1, 0.15) is 17.4 Å². The van der Waals surface area contributed by atoms with Crippen LogP contribution in [0.2, 0.25) is 0 Å². The lowest BCUT2D eigenvalue weighted by atomic mass is 10.1. The van der Waals surface area contributed by atoms with Crippen LogP contribution in [0.15, 0.2) is 24.3 Å². The molecule has 0 fully saturated rings. The Morgan fingerprint density at radius 2 is 2.26 bits per heavy atom. The molecule has 0 radical (unpaired) electrons. The number of nitrogens with zero attached hydrogens (tertiary/aromatic N) is 1. The maximum absolute atomic E-state index is 14.2. The van der Waals surface area contributed by atoms with Crippen molar-refractivity contribution in [3.05, 3.63) is 35.8 Å². The Morgan fingerprint density at radius 1 is 1.47 bits per heavy atom. The number of hydrogen-bond acceptors (Lipinski definition) is 5. The zero-order valence-electron chi connectivity index (χ0n) is 10.5. The standard InChI is InChI=1S/C13H12FNO3S/c1-3-18-10-6-4-5-8(12(10)14)11-7-9(15-19-11)13(16)17-2/h4-7H,3H2,1-2H3. The van der Waals surface area contributed by atoms with Gasteiger partial charge in [-0.2, -0.15) is 4.37 Å². The highest BCUT2D eigenvalue weighted by molar-refractivity contribution is 7.09. The lowest BCUT2D eigenvalue weighted by Crippen LogP contribution is -2.00. The molecule has 0 atom stereocenters. The van der Waals surface area contributed by atoms with Crippen molar-refractivity contribution in [1.82, 2.24) is 4.37 Å². The van der Waals surface area contributed by atoms with Crippen LogP contribution in [0.4, 0.5) is 4.39 Å². The molecule has 19 heavy (non-hydrogen) atoms. The van der Waals surface area contributed by atoms with Crippen LogP contribution in [0, 0.1) is 5.82 Å². The summed E-state index contributed by atoms with van der Waals surface area (Å²) in [6.45, 7) is 2.17. The van der Waals surface area contributed by atoms with E-state index in [4.69, 9.17) is 4.74 Å². The molecule has 0 aliphatic heterocycles. The van der Waals surface area contributed by atoms with Crippen LogP contribution in [-0.4, -0.2) is 24.1 Å². The first-order valence-corrected chi connectivity index (χ1v) is 6.41. The van der Waals surface area contributed by atoms with Gasteiger partial charge in [0.25, 0.3) is 0 Å². The van der Waals surface area contributed by atoms with Gasteiger partial charge in [-0.05, 0) is 30.6 Å². The molecular formula is C13H12FNO3S. The van der Waals surface area contributed by atoms with Crippen molar-refractivity contribution in [3.8, 4) is 16.2 Å². The number of ether oxygens (including phenoxy) is 2. The Morgan fingerprint density at radius 3 is 2.95 bits per heavy atom. The fourth-order valence-corrected chi connectivity index (χ4v) is 2.32. The van der Waals surface area contributed by atoms with Gasteiger partial charge >= 0.3 is 5.97 Å². The Bertz CT molecular complexity index is 597. The second-order valence-corrected chi connectivity index (χ2v) is 4.42. The summed E-state index contributed by atoms with van der Waals surface area (Å²) in [7, 11) is 1.28. The molecule has 0 saturated carbocycles. The topological polar surface area (TPSA) is 48.4 Å². The van der Waals surface area contributed by atoms with E-state index in [0.29, 0.717) is 17.0 Å². The molecule has 1 heterocycles. The number of aromatic nitrogens is 1. The molecule has 1 aromatic heterocycles. The van der Waals surface area contributed by atoms with Crippen LogP contribution < -0.4 is 4.74 Å². The van der Waals surface area contributed by atoms with Crippen LogP contribution >= 0.6 is 11.5 Å². The zero-order chi connectivity index (χ0) is 13.8. The van der Waals surface area contributed by atoms with Gasteiger partial charge in [-0.25, -0.2) is 9.18 Å². The summed E-state index contributed by atoms with van der Waals surface area (Å²) < 4.78 is 27.9. The summed E-state index contributed by atoms with van der Waals surface area (Å²) in [5.74, 6) is -0.804. The second-order valence-electron chi connectivity index (χ2n) is 3.62. The largest absolute Gasteiger partial charge is 0.491 e. The molecule has 2 rings (SSSR count). The number of methoxy groups -OCH3 is 1. The number of carbonyl (C=O) groups excluding carboxylic acids is 1. The van der Waals surface area contributed by atoms with Crippen LogP contribution in [0.5, 0.6) is 5.75 Å². The van der Waals surface area contributed by atoms with Gasteiger partial charge in [-0.15, -0.1) is 0 Å². The number of rotatable bonds is 4. The summed E-state index contributed by atoms with van der Waals surface area (Å²) in [6.07, 6.45) is 0. The summed E-state index contributed by atoms with van der Waals surface area (Å²) >= 11 is 1.04. The van der Waals surface area contributed by atoms with Gasteiger partial charge < -0.3 is 9.47 Å². The summed E-state index contributed by atoms with van der Waals surface area (Å²) in [4.78, 5) is 11.9. The van der Waals surface area contributed by atoms with E-state index in [1.54, 1.807) is 25.1 Å². The number of carbonyl (C=O) groups is 1. The van der Waals surface area contributed by atoms with Gasteiger partial charge in [0, 0.05) is 5.56 Å². The quantitative estimate of drug-likeness (QED) is 0.808. The molecule has 0 N–H and O–H groups in total. The third kappa shape index (κ3) is 2.73. The van der Waals surface area contributed by atoms with Gasteiger partial charge in [0.1, 0.15) is 0 Å². The molecule has 0 unspecified atom stereocenters. The maximum atomic E-state index is 14.2. The summed E-state index contributed by atoms with van der Waals surface area (Å²) in [6, 6.07) is 6.38. The zero-order valence-corrected chi connectivity index (χ0v) is 11.3. The smallest absolute Gasteiger partial charge is 0.357 e. The number of halogens is 1. The Labute approximate surface area is 114 Å². The monoisotopic (exact) mass is 281 g/mol. The van der Waals surface area contributed by atoms with Crippen molar-refractivity contribution >= 4 is 17.5 Å². The van der Waals surface area contributed by atoms with Crippen molar-refractivity contribution < 1.29 is 18.7 Å². The first-order chi connectivity index (χ1) is 9.17. The third-order valence-electron chi connectivity index (χ3n) is 2.43. The average Bonchev–Trinajstić information content (AvgIpc) is 2.90. The minimum atomic E-state index is -0.538. The van der Waals surface area contributed by atoms with E-state index in [0.717, 1.165) is 11.5 Å². The van der Waals surface area contributed by atoms with Crippen molar-refractivity contribution in [1.29, 1.82) is 0 Å². The van der Waals surface area contributed by atoms with Crippen LogP contribution in [0.25, 0.3) is 10.4 Å². The normalized spacial score (nSPS) is 10.3. The van der Waals surface area contributed by atoms with E-state index in [1.165, 1.54) is 13.2 Å². The SMILES string of the molecule is CCOc1cccc(-c2cc(C(=O)OC)ns2)c1F. The van der Waals surface area contributed by atoms with E-state index in [-0.39, 0.29) is 11.4 Å². The van der Waals surface area contributed by atoms with Gasteiger partial charge in [0.2, 0.25) is 0 Å². The molecular weight excluding hydrogens is 269 g/mol. The summed E-state index contributed by atoms with van der Waals surface area (Å²) in [5, 5.41) is 0.